The fourth-order valence-corrected chi connectivity index (χ4v) is 2.10. The molecule has 0 heterocycles. The first kappa shape index (κ1) is 14.4. The van der Waals surface area contributed by atoms with Crippen LogP contribution in [0.4, 0.5) is 0 Å². The van der Waals surface area contributed by atoms with Gasteiger partial charge in [0, 0.05) is 12.1 Å². The normalized spacial score (nSPS) is 10.3. The van der Waals surface area contributed by atoms with E-state index in [1.165, 1.54) is 0 Å². The first-order valence-corrected chi connectivity index (χ1v) is 6.50. The Kier molecular flexibility index (Phi) is 4.61. The van der Waals surface area contributed by atoms with Crippen LogP contribution in [-0.4, -0.2) is 13.0 Å². The van der Waals surface area contributed by atoms with Crippen molar-refractivity contribution >= 4 is 17.5 Å². The van der Waals surface area contributed by atoms with E-state index in [2.05, 4.69) is 5.32 Å². The molecule has 2 rings (SSSR count). The summed E-state index contributed by atoms with van der Waals surface area (Å²) in [6.45, 7) is 0.606. The van der Waals surface area contributed by atoms with Gasteiger partial charge in [-0.3, -0.25) is 4.79 Å². The number of carbonyl (C=O) groups is 1. The maximum Gasteiger partial charge on any atom is 0.252 e. The zero-order valence-electron chi connectivity index (χ0n) is 11.0. The summed E-state index contributed by atoms with van der Waals surface area (Å²) >= 11 is 6.18. The number of benzene rings is 2. The Bertz CT molecular complexity index is 629. The lowest BCUT2D eigenvalue weighted by molar-refractivity contribution is 0.0998. The van der Waals surface area contributed by atoms with Gasteiger partial charge in [0.05, 0.1) is 10.6 Å². The monoisotopic (exact) mass is 290 g/mol. The van der Waals surface area contributed by atoms with Gasteiger partial charge in [-0.15, -0.1) is 0 Å². The number of hydrogen-bond acceptors (Lipinski definition) is 3. The Morgan fingerprint density at radius 1 is 1.25 bits per heavy atom. The maximum absolute atomic E-state index is 11.4. The van der Waals surface area contributed by atoms with Gasteiger partial charge in [0.2, 0.25) is 0 Å². The molecule has 0 aliphatic heterocycles. The van der Waals surface area contributed by atoms with Crippen molar-refractivity contribution in [2.45, 2.75) is 6.54 Å². The molecule has 5 heteroatoms. The van der Waals surface area contributed by atoms with Crippen LogP contribution in [0.15, 0.2) is 42.5 Å². The number of para-hydroxylation sites is 2. The summed E-state index contributed by atoms with van der Waals surface area (Å²) < 4.78 is 5.81. The quantitative estimate of drug-likeness (QED) is 0.890. The molecular formula is C15H15ClN2O2. The number of hydrogen-bond donors (Lipinski definition) is 2. The van der Waals surface area contributed by atoms with Gasteiger partial charge in [-0.1, -0.05) is 35.9 Å². The van der Waals surface area contributed by atoms with E-state index in [4.69, 9.17) is 22.1 Å². The van der Waals surface area contributed by atoms with E-state index in [0.29, 0.717) is 28.6 Å². The minimum absolute atomic E-state index is 0.322. The van der Waals surface area contributed by atoms with E-state index in [9.17, 15) is 4.79 Å². The Hall–Kier alpha value is -2.04. The average molecular weight is 291 g/mol. The lowest BCUT2D eigenvalue weighted by Crippen LogP contribution is -2.12. The Labute approximate surface area is 122 Å². The Morgan fingerprint density at radius 2 is 2.00 bits per heavy atom. The number of primary amides is 1. The van der Waals surface area contributed by atoms with Crippen LogP contribution in [0, 0.1) is 0 Å². The highest BCUT2D eigenvalue weighted by Gasteiger charge is 2.13. The van der Waals surface area contributed by atoms with Crippen molar-refractivity contribution in [1.29, 1.82) is 0 Å². The summed E-state index contributed by atoms with van der Waals surface area (Å²) in [7, 11) is 1.84. The minimum atomic E-state index is -0.539. The highest BCUT2D eigenvalue weighted by molar-refractivity contribution is 6.32. The van der Waals surface area contributed by atoms with Crippen LogP contribution in [0.5, 0.6) is 11.5 Å². The number of amides is 1. The molecule has 0 saturated carbocycles. The molecule has 0 aromatic heterocycles. The van der Waals surface area contributed by atoms with Crippen LogP contribution < -0.4 is 15.8 Å². The molecule has 104 valence electrons. The van der Waals surface area contributed by atoms with Gasteiger partial charge in [-0.25, -0.2) is 0 Å². The van der Waals surface area contributed by atoms with Gasteiger partial charge >= 0.3 is 0 Å². The van der Waals surface area contributed by atoms with E-state index in [0.717, 1.165) is 5.56 Å². The van der Waals surface area contributed by atoms with Crippen molar-refractivity contribution < 1.29 is 9.53 Å². The largest absolute Gasteiger partial charge is 0.455 e. The number of carbonyl (C=O) groups excluding carboxylic acids is 1. The molecule has 2 aromatic carbocycles. The first-order valence-electron chi connectivity index (χ1n) is 6.12. The second-order valence-corrected chi connectivity index (χ2v) is 4.63. The molecule has 20 heavy (non-hydrogen) atoms. The smallest absolute Gasteiger partial charge is 0.252 e. The molecule has 0 atom stereocenters. The molecule has 0 radical (unpaired) electrons. The van der Waals surface area contributed by atoms with Gasteiger partial charge in [-0.2, -0.15) is 0 Å². The summed E-state index contributed by atoms with van der Waals surface area (Å²) in [5.74, 6) is 0.380. The Morgan fingerprint density at radius 3 is 2.70 bits per heavy atom. The fraction of sp³-hybridized carbons (Fsp3) is 0.133. The molecule has 1 amide bonds. The van der Waals surface area contributed by atoms with Gasteiger partial charge in [0.1, 0.15) is 5.75 Å². The predicted octanol–water partition coefficient (Wildman–Crippen LogP) is 2.95. The summed E-state index contributed by atoms with van der Waals surface area (Å²) in [6.07, 6.45) is 0. The molecular weight excluding hydrogens is 276 g/mol. The molecule has 3 N–H and O–H groups in total. The predicted molar refractivity (Wildman–Crippen MR) is 79.2 cm³/mol. The van der Waals surface area contributed by atoms with Crippen molar-refractivity contribution in [2.24, 2.45) is 5.73 Å². The van der Waals surface area contributed by atoms with E-state index >= 15 is 0 Å². The molecule has 0 aliphatic carbocycles. The third-order valence-electron chi connectivity index (χ3n) is 2.78. The van der Waals surface area contributed by atoms with Gasteiger partial charge in [-0.05, 0) is 25.2 Å². The number of rotatable bonds is 5. The van der Waals surface area contributed by atoms with Crippen LogP contribution in [0.1, 0.15) is 15.9 Å². The third kappa shape index (κ3) is 3.10. The van der Waals surface area contributed by atoms with Crippen LogP contribution in [0.2, 0.25) is 5.02 Å². The van der Waals surface area contributed by atoms with Crippen LogP contribution >= 0.6 is 11.6 Å². The summed E-state index contributed by atoms with van der Waals surface area (Å²) in [5.41, 5.74) is 6.56. The lowest BCUT2D eigenvalue weighted by atomic mass is 10.1. The fourth-order valence-electron chi connectivity index (χ4n) is 1.87. The number of halogens is 1. The SMILES string of the molecule is CNCc1cccc(Cl)c1Oc1ccccc1C(N)=O. The summed E-state index contributed by atoms with van der Waals surface area (Å²) in [5, 5.41) is 3.53. The molecule has 0 aliphatic rings. The molecule has 4 nitrogen and oxygen atoms in total. The topological polar surface area (TPSA) is 64.3 Å². The lowest BCUT2D eigenvalue weighted by Gasteiger charge is -2.14. The number of ether oxygens (including phenoxy) is 1. The molecule has 0 fully saturated rings. The highest BCUT2D eigenvalue weighted by Crippen LogP contribution is 2.34. The molecule has 2 aromatic rings. The second kappa shape index (κ2) is 6.41. The molecule has 0 bridgehead atoms. The van der Waals surface area contributed by atoms with Gasteiger partial charge in [0.15, 0.2) is 5.75 Å². The zero-order valence-corrected chi connectivity index (χ0v) is 11.8. The van der Waals surface area contributed by atoms with E-state index in [1.807, 2.05) is 19.2 Å². The van der Waals surface area contributed by atoms with Crippen molar-refractivity contribution in [3.8, 4) is 11.5 Å². The molecule has 0 spiro atoms. The summed E-state index contributed by atoms with van der Waals surface area (Å²) in [6, 6.07) is 12.3. The van der Waals surface area contributed by atoms with E-state index in [1.54, 1.807) is 30.3 Å². The third-order valence-corrected chi connectivity index (χ3v) is 3.08. The average Bonchev–Trinajstić information content (AvgIpc) is 2.43. The number of nitrogens with one attached hydrogen (secondary N) is 1. The van der Waals surface area contributed by atoms with Gasteiger partial charge in [0.25, 0.3) is 5.91 Å². The second-order valence-electron chi connectivity index (χ2n) is 4.22. The van der Waals surface area contributed by atoms with Crippen molar-refractivity contribution in [3.05, 3.63) is 58.6 Å². The Balaban J connectivity index is 2.42. The van der Waals surface area contributed by atoms with E-state index < -0.39 is 5.91 Å². The van der Waals surface area contributed by atoms with Crippen LogP contribution in [-0.2, 0) is 6.54 Å². The van der Waals surface area contributed by atoms with Crippen molar-refractivity contribution in [1.82, 2.24) is 5.32 Å². The minimum Gasteiger partial charge on any atom is -0.455 e. The zero-order chi connectivity index (χ0) is 14.5. The van der Waals surface area contributed by atoms with Crippen LogP contribution in [0.25, 0.3) is 0 Å². The standard InChI is InChI=1S/C15H15ClN2O2/c1-18-9-10-5-4-7-12(16)14(10)20-13-8-3-2-6-11(13)15(17)19/h2-8,18H,9H2,1H3,(H2,17,19). The van der Waals surface area contributed by atoms with Crippen molar-refractivity contribution in [2.75, 3.05) is 7.05 Å². The molecule has 0 unspecified atom stereocenters. The highest BCUT2D eigenvalue weighted by atomic mass is 35.5. The van der Waals surface area contributed by atoms with Crippen LogP contribution in [0.3, 0.4) is 0 Å². The van der Waals surface area contributed by atoms with E-state index in [-0.39, 0.29) is 0 Å². The van der Waals surface area contributed by atoms with Gasteiger partial charge < -0.3 is 15.8 Å². The number of nitrogens with two attached hydrogens (primary N) is 1. The first-order chi connectivity index (χ1) is 9.63. The maximum atomic E-state index is 11.4. The summed E-state index contributed by atoms with van der Waals surface area (Å²) in [4.78, 5) is 11.4. The molecule has 0 saturated heterocycles. The van der Waals surface area contributed by atoms with Crippen molar-refractivity contribution in [3.63, 3.8) is 0 Å².